The molecule has 2 nitrogen and oxygen atoms in total. The Kier molecular flexibility index (Phi) is 2.79. The summed E-state index contributed by atoms with van der Waals surface area (Å²) in [4.78, 5) is 3.98. The van der Waals surface area contributed by atoms with Gasteiger partial charge in [0, 0.05) is 12.4 Å². The van der Waals surface area contributed by atoms with Crippen LogP contribution < -0.4 is 5.73 Å². The van der Waals surface area contributed by atoms with Crippen molar-refractivity contribution in [1.82, 2.24) is 4.98 Å². The molecule has 0 bridgehead atoms. The van der Waals surface area contributed by atoms with Gasteiger partial charge in [0.15, 0.2) is 0 Å². The van der Waals surface area contributed by atoms with E-state index in [-0.39, 0.29) is 6.04 Å². The van der Waals surface area contributed by atoms with E-state index in [1.807, 2.05) is 12.1 Å². The Hall–Kier alpha value is -1.67. The van der Waals surface area contributed by atoms with Crippen LogP contribution in [0, 0.1) is 6.92 Å². The third-order valence-corrected chi connectivity index (χ3v) is 2.50. The number of rotatable bonds is 2. The first-order valence-electron chi connectivity index (χ1n) is 4.99. The number of hydrogen-bond donors (Lipinski definition) is 1. The fraction of sp³-hybridized carbons (Fsp3) is 0.154. The molecule has 0 aliphatic heterocycles. The highest BCUT2D eigenvalue weighted by molar-refractivity contribution is 5.31. The SMILES string of the molecule is Cc1ccc([C@@H](N)c2ccncc2)cc1. The molecule has 0 aliphatic rings. The van der Waals surface area contributed by atoms with E-state index >= 15 is 0 Å². The number of aromatic nitrogens is 1. The Labute approximate surface area is 89.8 Å². The minimum absolute atomic E-state index is 0.0615. The molecule has 0 saturated heterocycles. The molecule has 2 aromatic rings. The summed E-state index contributed by atoms with van der Waals surface area (Å²) in [6, 6.07) is 12.1. The summed E-state index contributed by atoms with van der Waals surface area (Å²) in [6.45, 7) is 2.07. The molecule has 1 aromatic heterocycles. The van der Waals surface area contributed by atoms with Gasteiger partial charge >= 0.3 is 0 Å². The monoisotopic (exact) mass is 198 g/mol. The third kappa shape index (κ3) is 2.22. The molecule has 1 atom stereocenters. The van der Waals surface area contributed by atoms with Crippen LogP contribution in [0.15, 0.2) is 48.8 Å². The molecule has 1 aromatic carbocycles. The Balaban J connectivity index is 2.29. The van der Waals surface area contributed by atoms with E-state index in [0.29, 0.717) is 0 Å². The van der Waals surface area contributed by atoms with Gasteiger partial charge in [0.25, 0.3) is 0 Å². The number of nitrogens with two attached hydrogens (primary N) is 1. The van der Waals surface area contributed by atoms with E-state index in [4.69, 9.17) is 5.73 Å². The van der Waals surface area contributed by atoms with Crippen molar-refractivity contribution in [3.63, 3.8) is 0 Å². The molecular weight excluding hydrogens is 184 g/mol. The van der Waals surface area contributed by atoms with Gasteiger partial charge in [-0.1, -0.05) is 29.8 Å². The quantitative estimate of drug-likeness (QED) is 0.805. The molecule has 2 heteroatoms. The normalized spacial score (nSPS) is 12.4. The zero-order valence-corrected chi connectivity index (χ0v) is 8.72. The van der Waals surface area contributed by atoms with Crippen LogP contribution in [-0.4, -0.2) is 4.98 Å². The van der Waals surface area contributed by atoms with Gasteiger partial charge in [-0.05, 0) is 30.2 Å². The predicted octanol–water partition coefficient (Wildman–Crippen LogP) is 2.44. The third-order valence-electron chi connectivity index (χ3n) is 2.50. The summed E-state index contributed by atoms with van der Waals surface area (Å²) in [5, 5.41) is 0. The summed E-state index contributed by atoms with van der Waals surface area (Å²) < 4.78 is 0. The van der Waals surface area contributed by atoms with E-state index in [1.54, 1.807) is 12.4 Å². The van der Waals surface area contributed by atoms with Crippen molar-refractivity contribution >= 4 is 0 Å². The first kappa shape index (κ1) is 9.87. The van der Waals surface area contributed by atoms with E-state index in [0.717, 1.165) is 11.1 Å². The van der Waals surface area contributed by atoms with E-state index in [1.165, 1.54) is 5.56 Å². The molecule has 1 heterocycles. The summed E-state index contributed by atoms with van der Waals surface area (Å²) in [5.74, 6) is 0. The van der Waals surface area contributed by atoms with Gasteiger partial charge in [-0.3, -0.25) is 4.98 Å². The molecule has 0 saturated carbocycles. The molecule has 0 radical (unpaired) electrons. The standard InChI is InChI=1S/C13H14N2/c1-10-2-4-11(5-3-10)13(14)12-6-8-15-9-7-12/h2-9,13H,14H2,1H3/t13-/m1/s1. The van der Waals surface area contributed by atoms with Crippen molar-refractivity contribution in [2.75, 3.05) is 0 Å². The topological polar surface area (TPSA) is 38.9 Å². The minimum Gasteiger partial charge on any atom is -0.320 e. The van der Waals surface area contributed by atoms with Gasteiger partial charge in [-0.2, -0.15) is 0 Å². The number of nitrogens with zero attached hydrogens (tertiary/aromatic N) is 1. The highest BCUT2D eigenvalue weighted by atomic mass is 14.7. The zero-order valence-electron chi connectivity index (χ0n) is 8.72. The smallest absolute Gasteiger partial charge is 0.0552 e. The van der Waals surface area contributed by atoms with Crippen molar-refractivity contribution in [3.8, 4) is 0 Å². The Morgan fingerprint density at radius 3 is 2.07 bits per heavy atom. The van der Waals surface area contributed by atoms with E-state index in [9.17, 15) is 0 Å². The van der Waals surface area contributed by atoms with Crippen LogP contribution in [0.1, 0.15) is 22.7 Å². The molecule has 0 spiro atoms. The van der Waals surface area contributed by atoms with Crippen LogP contribution in [0.3, 0.4) is 0 Å². The summed E-state index contributed by atoms with van der Waals surface area (Å²) in [7, 11) is 0. The van der Waals surface area contributed by atoms with Crippen molar-refractivity contribution in [2.45, 2.75) is 13.0 Å². The summed E-state index contributed by atoms with van der Waals surface area (Å²) in [5.41, 5.74) is 9.61. The largest absolute Gasteiger partial charge is 0.320 e. The Morgan fingerprint density at radius 2 is 1.47 bits per heavy atom. The van der Waals surface area contributed by atoms with Crippen LogP contribution in [0.2, 0.25) is 0 Å². The Morgan fingerprint density at radius 1 is 0.933 bits per heavy atom. The van der Waals surface area contributed by atoms with Crippen molar-refractivity contribution < 1.29 is 0 Å². The van der Waals surface area contributed by atoms with Crippen molar-refractivity contribution in [1.29, 1.82) is 0 Å². The molecule has 2 rings (SSSR count). The lowest BCUT2D eigenvalue weighted by Gasteiger charge is -2.12. The maximum atomic E-state index is 6.14. The predicted molar refractivity (Wildman–Crippen MR) is 61.4 cm³/mol. The second-order valence-corrected chi connectivity index (χ2v) is 3.67. The second kappa shape index (κ2) is 4.24. The average molecular weight is 198 g/mol. The van der Waals surface area contributed by atoms with Gasteiger partial charge in [-0.15, -0.1) is 0 Å². The fourth-order valence-electron chi connectivity index (χ4n) is 1.54. The molecule has 76 valence electrons. The zero-order chi connectivity index (χ0) is 10.7. The van der Waals surface area contributed by atoms with Crippen LogP contribution in [0.5, 0.6) is 0 Å². The number of benzene rings is 1. The van der Waals surface area contributed by atoms with E-state index < -0.39 is 0 Å². The van der Waals surface area contributed by atoms with Crippen LogP contribution in [-0.2, 0) is 0 Å². The van der Waals surface area contributed by atoms with Gasteiger partial charge in [0.05, 0.1) is 6.04 Å². The van der Waals surface area contributed by atoms with E-state index in [2.05, 4.69) is 36.2 Å². The molecule has 0 aliphatic carbocycles. The second-order valence-electron chi connectivity index (χ2n) is 3.67. The highest BCUT2D eigenvalue weighted by Gasteiger charge is 2.07. The first-order chi connectivity index (χ1) is 7.27. The Bertz CT molecular complexity index is 420. The van der Waals surface area contributed by atoms with Crippen molar-refractivity contribution in [2.24, 2.45) is 5.73 Å². The van der Waals surface area contributed by atoms with Crippen molar-refractivity contribution in [3.05, 3.63) is 65.5 Å². The van der Waals surface area contributed by atoms with Crippen LogP contribution in [0.4, 0.5) is 0 Å². The van der Waals surface area contributed by atoms with Gasteiger partial charge in [0.1, 0.15) is 0 Å². The van der Waals surface area contributed by atoms with Gasteiger partial charge in [-0.25, -0.2) is 0 Å². The van der Waals surface area contributed by atoms with Crippen LogP contribution >= 0.6 is 0 Å². The molecule has 0 fully saturated rings. The van der Waals surface area contributed by atoms with Crippen LogP contribution in [0.25, 0.3) is 0 Å². The molecule has 0 unspecified atom stereocenters. The lowest BCUT2D eigenvalue weighted by molar-refractivity contribution is 0.867. The molecular formula is C13H14N2. The average Bonchev–Trinajstić information content (AvgIpc) is 2.30. The highest BCUT2D eigenvalue weighted by Crippen LogP contribution is 2.18. The van der Waals surface area contributed by atoms with Gasteiger partial charge in [0.2, 0.25) is 0 Å². The summed E-state index contributed by atoms with van der Waals surface area (Å²) in [6.07, 6.45) is 3.53. The van der Waals surface area contributed by atoms with Gasteiger partial charge < -0.3 is 5.73 Å². The number of aryl methyl sites for hydroxylation is 1. The first-order valence-corrected chi connectivity index (χ1v) is 4.99. The maximum Gasteiger partial charge on any atom is 0.0552 e. The molecule has 0 amide bonds. The molecule has 2 N–H and O–H groups in total. The minimum atomic E-state index is -0.0615. The fourth-order valence-corrected chi connectivity index (χ4v) is 1.54. The summed E-state index contributed by atoms with van der Waals surface area (Å²) >= 11 is 0. The number of hydrogen-bond acceptors (Lipinski definition) is 2. The lowest BCUT2D eigenvalue weighted by Crippen LogP contribution is -2.11. The maximum absolute atomic E-state index is 6.14. The number of pyridine rings is 1. The molecule has 15 heavy (non-hydrogen) atoms. The lowest BCUT2D eigenvalue weighted by atomic mass is 10.00.